The lowest BCUT2D eigenvalue weighted by atomic mass is 10.1. The first kappa shape index (κ1) is 23.3. The van der Waals surface area contributed by atoms with Gasteiger partial charge >= 0.3 is 6.36 Å². The first-order valence-corrected chi connectivity index (χ1v) is 10.0. The molecule has 6 nitrogen and oxygen atoms in total. The summed E-state index contributed by atoms with van der Waals surface area (Å²) in [4.78, 5) is 14.8. The first-order valence-electron chi connectivity index (χ1n) is 10.0. The number of anilines is 2. The Morgan fingerprint density at radius 1 is 1.28 bits per heavy atom. The van der Waals surface area contributed by atoms with Gasteiger partial charge in [-0.3, -0.25) is 9.69 Å². The minimum atomic E-state index is -4.79. The highest BCUT2D eigenvalue weighted by Gasteiger charge is 2.32. The van der Waals surface area contributed by atoms with E-state index in [0.717, 1.165) is 18.1 Å². The molecule has 32 heavy (non-hydrogen) atoms. The predicted molar refractivity (Wildman–Crippen MR) is 116 cm³/mol. The van der Waals surface area contributed by atoms with Crippen LogP contribution in [0.1, 0.15) is 18.1 Å². The third-order valence-electron chi connectivity index (χ3n) is 4.59. The Hall–Kier alpha value is -3.38. The maximum Gasteiger partial charge on any atom is 0.573 e. The van der Waals surface area contributed by atoms with Crippen LogP contribution in [0.25, 0.3) is 0 Å². The molecule has 0 aromatic heterocycles. The molecule has 170 valence electrons. The second-order valence-corrected chi connectivity index (χ2v) is 7.46. The van der Waals surface area contributed by atoms with E-state index in [-0.39, 0.29) is 18.0 Å². The minimum absolute atomic E-state index is 0.0863. The number of nitrogens with zero attached hydrogens (tertiary/aromatic N) is 1. The Kier molecular flexibility index (Phi) is 7.15. The van der Waals surface area contributed by atoms with Crippen molar-refractivity contribution in [1.29, 1.82) is 0 Å². The summed E-state index contributed by atoms with van der Waals surface area (Å²) in [5.41, 5.74) is 2.69. The van der Waals surface area contributed by atoms with Crippen LogP contribution in [0.3, 0.4) is 0 Å². The van der Waals surface area contributed by atoms with E-state index in [2.05, 4.69) is 27.2 Å². The van der Waals surface area contributed by atoms with Crippen LogP contribution in [-0.2, 0) is 11.2 Å². The van der Waals surface area contributed by atoms with E-state index in [0.29, 0.717) is 23.5 Å². The predicted octanol–water partition coefficient (Wildman–Crippen LogP) is 3.87. The zero-order chi connectivity index (χ0) is 23.3. The molecule has 0 spiro atoms. The van der Waals surface area contributed by atoms with Crippen molar-refractivity contribution in [3.63, 3.8) is 0 Å². The SMILES string of the molecule is CCc1ccc(NC(=O)C2CNc3cc(OC(F)(F)F)ccc3O2)c(C#CCN(C)C)c1. The summed E-state index contributed by atoms with van der Waals surface area (Å²) in [5, 5.41) is 5.77. The molecule has 0 radical (unpaired) electrons. The van der Waals surface area contributed by atoms with Crippen molar-refractivity contribution in [3.05, 3.63) is 47.5 Å². The topological polar surface area (TPSA) is 62.8 Å². The zero-order valence-electron chi connectivity index (χ0n) is 18.0. The molecule has 1 atom stereocenters. The molecule has 1 amide bonds. The molecule has 3 rings (SSSR count). The van der Waals surface area contributed by atoms with Crippen molar-refractivity contribution in [2.24, 2.45) is 0 Å². The number of ether oxygens (including phenoxy) is 2. The average molecular weight is 447 g/mol. The summed E-state index contributed by atoms with van der Waals surface area (Å²) in [7, 11) is 3.84. The van der Waals surface area contributed by atoms with Gasteiger partial charge in [0.15, 0.2) is 6.10 Å². The summed E-state index contributed by atoms with van der Waals surface area (Å²) in [6.07, 6.45) is -4.82. The average Bonchev–Trinajstić information content (AvgIpc) is 2.73. The van der Waals surface area contributed by atoms with Gasteiger partial charge in [-0.05, 0) is 50.3 Å². The highest BCUT2D eigenvalue weighted by atomic mass is 19.4. The van der Waals surface area contributed by atoms with E-state index < -0.39 is 18.4 Å². The molecule has 2 N–H and O–H groups in total. The molecule has 1 aliphatic heterocycles. The lowest BCUT2D eigenvalue weighted by Gasteiger charge is -2.27. The highest BCUT2D eigenvalue weighted by Crippen LogP contribution is 2.35. The fraction of sp³-hybridized carbons (Fsp3) is 0.348. The summed E-state index contributed by atoms with van der Waals surface area (Å²) < 4.78 is 46.8. The van der Waals surface area contributed by atoms with Crippen molar-refractivity contribution in [1.82, 2.24) is 4.90 Å². The van der Waals surface area contributed by atoms with Crippen molar-refractivity contribution in [2.45, 2.75) is 25.8 Å². The van der Waals surface area contributed by atoms with E-state index in [9.17, 15) is 18.0 Å². The number of amides is 1. The number of aryl methyl sites for hydroxylation is 1. The number of carbonyl (C=O) groups excluding carboxylic acids is 1. The minimum Gasteiger partial charge on any atom is -0.477 e. The van der Waals surface area contributed by atoms with Gasteiger partial charge < -0.3 is 20.1 Å². The second-order valence-electron chi connectivity index (χ2n) is 7.46. The van der Waals surface area contributed by atoms with Gasteiger partial charge in [0, 0.05) is 11.6 Å². The van der Waals surface area contributed by atoms with Gasteiger partial charge in [-0.2, -0.15) is 0 Å². The number of carbonyl (C=O) groups is 1. The summed E-state index contributed by atoms with van der Waals surface area (Å²) in [6, 6.07) is 9.31. The number of fused-ring (bicyclic) bond motifs is 1. The van der Waals surface area contributed by atoms with Gasteiger partial charge in [0.2, 0.25) is 0 Å². The van der Waals surface area contributed by atoms with Crippen LogP contribution < -0.4 is 20.1 Å². The molecule has 9 heteroatoms. The molecule has 0 saturated carbocycles. The maximum absolute atomic E-state index is 12.8. The number of hydrogen-bond donors (Lipinski definition) is 2. The number of nitrogens with one attached hydrogen (secondary N) is 2. The van der Waals surface area contributed by atoms with Crippen molar-refractivity contribution < 1.29 is 27.4 Å². The summed E-state index contributed by atoms with van der Waals surface area (Å²) in [5.74, 6) is 5.67. The first-order chi connectivity index (χ1) is 15.1. The Morgan fingerprint density at radius 3 is 2.75 bits per heavy atom. The summed E-state index contributed by atoms with van der Waals surface area (Å²) >= 11 is 0. The molecule has 1 unspecified atom stereocenters. The fourth-order valence-corrected chi connectivity index (χ4v) is 3.02. The fourth-order valence-electron chi connectivity index (χ4n) is 3.02. The molecule has 2 aromatic carbocycles. The largest absolute Gasteiger partial charge is 0.573 e. The molecule has 1 aliphatic rings. The zero-order valence-corrected chi connectivity index (χ0v) is 18.0. The Balaban J connectivity index is 1.72. The molecule has 2 aromatic rings. The number of alkyl halides is 3. The summed E-state index contributed by atoms with van der Waals surface area (Å²) in [6.45, 7) is 2.70. The van der Waals surface area contributed by atoms with E-state index >= 15 is 0 Å². The molecular weight excluding hydrogens is 423 g/mol. The van der Waals surface area contributed by atoms with Gasteiger partial charge in [-0.15, -0.1) is 13.2 Å². The highest BCUT2D eigenvalue weighted by molar-refractivity contribution is 5.96. The molecule has 0 bridgehead atoms. The van der Waals surface area contributed by atoms with Crippen LogP contribution in [0, 0.1) is 11.8 Å². The maximum atomic E-state index is 12.8. The second kappa shape index (κ2) is 9.83. The normalized spacial score (nSPS) is 15.0. The van der Waals surface area contributed by atoms with E-state index in [1.54, 1.807) is 6.07 Å². The smallest absolute Gasteiger partial charge is 0.477 e. The van der Waals surface area contributed by atoms with Gasteiger partial charge in [0.05, 0.1) is 24.5 Å². The lowest BCUT2D eigenvalue weighted by molar-refractivity contribution is -0.274. The van der Waals surface area contributed by atoms with E-state index in [1.165, 1.54) is 12.1 Å². The third kappa shape index (κ3) is 6.31. The van der Waals surface area contributed by atoms with Crippen molar-refractivity contribution in [3.8, 4) is 23.3 Å². The van der Waals surface area contributed by atoms with Crippen LogP contribution in [0.2, 0.25) is 0 Å². The third-order valence-corrected chi connectivity index (χ3v) is 4.59. The monoisotopic (exact) mass is 447 g/mol. The molecule has 1 heterocycles. The van der Waals surface area contributed by atoms with Gasteiger partial charge in [-0.1, -0.05) is 24.8 Å². The van der Waals surface area contributed by atoms with Crippen LogP contribution >= 0.6 is 0 Å². The van der Waals surface area contributed by atoms with E-state index in [1.807, 2.05) is 38.1 Å². The number of halogens is 3. The molecule has 0 aliphatic carbocycles. The van der Waals surface area contributed by atoms with Crippen LogP contribution in [0.5, 0.6) is 11.5 Å². The van der Waals surface area contributed by atoms with Crippen molar-refractivity contribution in [2.75, 3.05) is 37.8 Å². The molecular formula is C23H24F3N3O3. The van der Waals surface area contributed by atoms with Crippen molar-refractivity contribution >= 4 is 17.3 Å². The van der Waals surface area contributed by atoms with Gasteiger partial charge in [0.1, 0.15) is 11.5 Å². The number of rotatable bonds is 5. The van der Waals surface area contributed by atoms with Gasteiger partial charge in [0.25, 0.3) is 5.91 Å². The lowest BCUT2D eigenvalue weighted by Crippen LogP contribution is -2.41. The Labute approximate surface area is 184 Å². The number of benzene rings is 2. The molecule has 0 saturated heterocycles. The van der Waals surface area contributed by atoms with E-state index in [4.69, 9.17) is 4.74 Å². The van der Waals surface area contributed by atoms with Crippen LogP contribution in [0.15, 0.2) is 36.4 Å². The Bertz CT molecular complexity index is 1040. The molecule has 0 fully saturated rings. The Morgan fingerprint density at radius 2 is 2.06 bits per heavy atom. The number of hydrogen-bond acceptors (Lipinski definition) is 5. The standard InChI is InChI=1S/C23H24F3N3O3/c1-4-15-7-9-18(16(12-15)6-5-11-29(2)3)28-22(30)21-14-27-19-13-17(32-23(24,25)26)8-10-20(19)31-21/h7-10,12-13,21,27H,4,11,14H2,1-3H3,(H,28,30). The van der Waals surface area contributed by atoms with Gasteiger partial charge in [-0.25, -0.2) is 0 Å². The van der Waals surface area contributed by atoms with Crippen LogP contribution in [-0.4, -0.2) is 50.5 Å². The quantitative estimate of drug-likeness (QED) is 0.682. The van der Waals surface area contributed by atoms with Crippen LogP contribution in [0.4, 0.5) is 24.5 Å².